The minimum atomic E-state index is -0.545. The van der Waals surface area contributed by atoms with Gasteiger partial charge in [0.25, 0.3) is 5.91 Å². The summed E-state index contributed by atoms with van der Waals surface area (Å²) in [6.07, 6.45) is 3.51. The van der Waals surface area contributed by atoms with Crippen LogP contribution in [0.15, 0.2) is 18.2 Å². The molecule has 0 spiro atoms. The summed E-state index contributed by atoms with van der Waals surface area (Å²) < 4.78 is 18.6. The number of halogens is 1. The topological polar surface area (TPSA) is 38.3 Å². The second kappa shape index (κ2) is 6.04. The van der Waals surface area contributed by atoms with Crippen LogP contribution in [0.5, 0.6) is 5.75 Å². The highest BCUT2D eigenvalue weighted by atomic mass is 19.1. The zero-order valence-corrected chi connectivity index (χ0v) is 11.4. The van der Waals surface area contributed by atoms with Gasteiger partial charge in [-0.15, -0.1) is 0 Å². The van der Waals surface area contributed by atoms with Crippen LogP contribution in [-0.4, -0.2) is 19.6 Å². The van der Waals surface area contributed by atoms with Crippen LogP contribution in [-0.2, 0) is 0 Å². The molecule has 104 valence electrons. The third-order valence-electron chi connectivity index (χ3n) is 3.78. The van der Waals surface area contributed by atoms with Crippen LogP contribution in [0, 0.1) is 17.7 Å². The van der Waals surface area contributed by atoms with Gasteiger partial charge in [0.15, 0.2) is 0 Å². The molecular formula is C15H20FNO2. The van der Waals surface area contributed by atoms with Crippen LogP contribution in [0.3, 0.4) is 0 Å². The number of amides is 1. The van der Waals surface area contributed by atoms with Crippen molar-refractivity contribution in [2.24, 2.45) is 11.8 Å². The highest BCUT2D eigenvalue weighted by Crippen LogP contribution is 2.29. The molecule has 1 N–H and O–H groups in total. The molecule has 0 saturated heterocycles. The van der Waals surface area contributed by atoms with Gasteiger partial charge in [0.2, 0.25) is 0 Å². The van der Waals surface area contributed by atoms with Crippen LogP contribution in [0.25, 0.3) is 0 Å². The number of benzene rings is 1. The van der Waals surface area contributed by atoms with E-state index in [1.165, 1.54) is 25.7 Å². The van der Waals surface area contributed by atoms with Gasteiger partial charge >= 0.3 is 0 Å². The summed E-state index contributed by atoms with van der Waals surface area (Å²) in [5.41, 5.74) is 0.0758. The van der Waals surface area contributed by atoms with Crippen molar-refractivity contribution in [1.82, 2.24) is 5.32 Å². The first-order valence-electron chi connectivity index (χ1n) is 6.72. The third-order valence-corrected chi connectivity index (χ3v) is 3.78. The molecule has 0 radical (unpaired) electrons. The molecule has 1 amide bonds. The molecular weight excluding hydrogens is 245 g/mol. The van der Waals surface area contributed by atoms with Crippen molar-refractivity contribution in [3.05, 3.63) is 29.6 Å². The number of ether oxygens (including phenoxy) is 1. The zero-order valence-electron chi connectivity index (χ0n) is 11.4. The van der Waals surface area contributed by atoms with E-state index in [2.05, 4.69) is 12.2 Å². The molecule has 0 bridgehead atoms. The summed E-state index contributed by atoms with van der Waals surface area (Å²) in [4.78, 5) is 11.9. The molecule has 2 unspecified atom stereocenters. The first-order valence-corrected chi connectivity index (χ1v) is 6.72. The fourth-order valence-electron chi connectivity index (χ4n) is 2.65. The molecule has 1 aromatic rings. The average Bonchev–Trinajstić information content (AvgIpc) is 2.81. The summed E-state index contributed by atoms with van der Waals surface area (Å²) in [7, 11) is 1.47. The molecule has 2 rings (SSSR count). The number of hydrogen-bond acceptors (Lipinski definition) is 2. The highest BCUT2D eigenvalue weighted by Gasteiger charge is 2.22. The van der Waals surface area contributed by atoms with Crippen LogP contribution < -0.4 is 10.1 Å². The lowest BCUT2D eigenvalue weighted by atomic mass is 10.1. The molecule has 0 aliphatic heterocycles. The molecule has 3 nitrogen and oxygen atoms in total. The van der Waals surface area contributed by atoms with E-state index in [9.17, 15) is 9.18 Å². The van der Waals surface area contributed by atoms with Crippen molar-refractivity contribution in [1.29, 1.82) is 0 Å². The Labute approximate surface area is 113 Å². The third kappa shape index (κ3) is 3.46. The normalized spacial score (nSPS) is 22.3. The maximum atomic E-state index is 13.7. The van der Waals surface area contributed by atoms with Gasteiger partial charge in [-0.1, -0.05) is 13.3 Å². The van der Waals surface area contributed by atoms with Gasteiger partial charge in [-0.25, -0.2) is 4.39 Å². The zero-order chi connectivity index (χ0) is 13.8. The van der Waals surface area contributed by atoms with E-state index in [1.807, 2.05) is 0 Å². The van der Waals surface area contributed by atoms with Crippen molar-refractivity contribution in [2.45, 2.75) is 26.2 Å². The summed E-state index contributed by atoms with van der Waals surface area (Å²) in [6.45, 7) is 2.86. The van der Waals surface area contributed by atoms with Crippen LogP contribution in [0.4, 0.5) is 4.39 Å². The van der Waals surface area contributed by atoms with Crippen LogP contribution in [0.1, 0.15) is 36.5 Å². The van der Waals surface area contributed by atoms with E-state index in [4.69, 9.17) is 4.74 Å². The van der Waals surface area contributed by atoms with Gasteiger partial charge in [0.1, 0.15) is 11.6 Å². The molecule has 0 heterocycles. The number of nitrogens with one attached hydrogen (secondary N) is 1. The number of carbonyl (C=O) groups is 1. The predicted octanol–water partition coefficient (Wildman–Crippen LogP) is 3.00. The van der Waals surface area contributed by atoms with Crippen LogP contribution >= 0.6 is 0 Å². The van der Waals surface area contributed by atoms with E-state index >= 15 is 0 Å². The average molecular weight is 265 g/mol. The Morgan fingerprint density at radius 1 is 1.47 bits per heavy atom. The van der Waals surface area contributed by atoms with E-state index in [0.717, 1.165) is 18.8 Å². The SMILES string of the molecule is COc1ccc(C(=O)NCC2CCC(C)C2)c(F)c1. The van der Waals surface area contributed by atoms with Crippen LogP contribution in [0.2, 0.25) is 0 Å². The maximum Gasteiger partial charge on any atom is 0.254 e. The van der Waals surface area contributed by atoms with Crippen molar-refractivity contribution in [3.63, 3.8) is 0 Å². The van der Waals surface area contributed by atoms with Gasteiger partial charge in [-0.3, -0.25) is 4.79 Å². The predicted molar refractivity (Wildman–Crippen MR) is 71.8 cm³/mol. The number of rotatable bonds is 4. The molecule has 1 aliphatic carbocycles. The standard InChI is InChI=1S/C15H20FNO2/c1-10-3-4-11(7-10)9-17-15(18)13-6-5-12(19-2)8-14(13)16/h5-6,8,10-11H,3-4,7,9H2,1-2H3,(H,17,18). The van der Waals surface area contributed by atoms with Crippen molar-refractivity contribution < 1.29 is 13.9 Å². The maximum absolute atomic E-state index is 13.7. The van der Waals surface area contributed by atoms with E-state index in [0.29, 0.717) is 18.2 Å². The minimum Gasteiger partial charge on any atom is -0.497 e. The van der Waals surface area contributed by atoms with Gasteiger partial charge < -0.3 is 10.1 Å². The van der Waals surface area contributed by atoms with Gasteiger partial charge in [-0.2, -0.15) is 0 Å². The lowest BCUT2D eigenvalue weighted by Gasteiger charge is -2.12. The largest absolute Gasteiger partial charge is 0.497 e. The Bertz CT molecular complexity index is 461. The second-order valence-electron chi connectivity index (χ2n) is 5.34. The Balaban J connectivity index is 1.92. The summed E-state index contributed by atoms with van der Waals surface area (Å²) >= 11 is 0. The number of carbonyl (C=O) groups excluding carboxylic acids is 1. The Morgan fingerprint density at radius 2 is 2.26 bits per heavy atom. The fourth-order valence-corrected chi connectivity index (χ4v) is 2.65. The van der Waals surface area contributed by atoms with E-state index in [1.54, 1.807) is 6.07 Å². The lowest BCUT2D eigenvalue weighted by Crippen LogP contribution is -2.29. The Morgan fingerprint density at radius 3 is 2.84 bits per heavy atom. The smallest absolute Gasteiger partial charge is 0.254 e. The van der Waals surface area contributed by atoms with Crippen molar-refractivity contribution in [2.75, 3.05) is 13.7 Å². The molecule has 1 aliphatic rings. The Kier molecular flexibility index (Phi) is 4.40. The molecule has 1 saturated carbocycles. The van der Waals surface area contributed by atoms with Crippen molar-refractivity contribution >= 4 is 5.91 Å². The Hall–Kier alpha value is -1.58. The highest BCUT2D eigenvalue weighted by molar-refractivity contribution is 5.94. The first kappa shape index (κ1) is 13.8. The second-order valence-corrected chi connectivity index (χ2v) is 5.34. The van der Waals surface area contributed by atoms with Gasteiger partial charge in [0.05, 0.1) is 12.7 Å². The van der Waals surface area contributed by atoms with Gasteiger partial charge in [-0.05, 0) is 36.8 Å². The quantitative estimate of drug-likeness (QED) is 0.908. The van der Waals surface area contributed by atoms with E-state index in [-0.39, 0.29) is 11.5 Å². The lowest BCUT2D eigenvalue weighted by molar-refractivity contribution is 0.0943. The molecule has 2 atom stereocenters. The molecule has 1 aromatic carbocycles. The molecule has 0 aromatic heterocycles. The van der Waals surface area contributed by atoms with Gasteiger partial charge in [0, 0.05) is 12.6 Å². The summed E-state index contributed by atoms with van der Waals surface area (Å²) in [6, 6.07) is 4.28. The van der Waals surface area contributed by atoms with Crippen molar-refractivity contribution in [3.8, 4) is 5.75 Å². The number of methoxy groups -OCH3 is 1. The minimum absolute atomic E-state index is 0.0758. The first-order chi connectivity index (χ1) is 9.10. The molecule has 19 heavy (non-hydrogen) atoms. The summed E-state index contributed by atoms with van der Waals surface area (Å²) in [5.74, 6) is 0.787. The van der Waals surface area contributed by atoms with E-state index < -0.39 is 5.82 Å². The summed E-state index contributed by atoms with van der Waals surface area (Å²) in [5, 5.41) is 2.82. The number of hydrogen-bond donors (Lipinski definition) is 1. The molecule has 4 heteroatoms. The monoisotopic (exact) mass is 265 g/mol. The fraction of sp³-hybridized carbons (Fsp3) is 0.533. The molecule has 1 fully saturated rings.